The van der Waals surface area contributed by atoms with Gasteiger partial charge in [-0.15, -0.1) is 11.8 Å². The van der Waals surface area contributed by atoms with E-state index in [1.807, 2.05) is 0 Å². The second-order valence-corrected chi connectivity index (χ2v) is 5.44. The Labute approximate surface area is 124 Å². The van der Waals surface area contributed by atoms with Gasteiger partial charge in [0.1, 0.15) is 10.3 Å². The van der Waals surface area contributed by atoms with Crippen LogP contribution in [0.4, 0.5) is 0 Å². The Hall–Kier alpha value is -1.23. The summed E-state index contributed by atoms with van der Waals surface area (Å²) in [5.74, 6) is -0.406. The number of aromatic carboxylic acids is 1. The number of carboxylic acids is 1. The first-order valence-electron chi connectivity index (χ1n) is 5.34. The van der Waals surface area contributed by atoms with Gasteiger partial charge in [0.2, 0.25) is 0 Å². The Morgan fingerprint density at radius 2 is 1.95 bits per heavy atom. The van der Waals surface area contributed by atoms with E-state index in [1.165, 1.54) is 11.8 Å². The molecule has 2 aromatic rings. The van der Waals surface area contributed by atoms with Crippen LogP contribution in [0, 0.1) is 0 Å². The molecule has 1 heterocycles. The summed E-state index contributed by atoms with van der Waals surface area (Å²) < 4.78 is 0. The molecular formula is C13H9Cl2NO2S. The molecule has 0 fully saturated rings. The molecule has 1 N–H and O–H groups in total. The Bertz CT molecular complexity index is 619. The van der Waals surface area contributed by atoms with Gasteiger partial charge in [0.05, 0.1) is 5.56 Å². The summed E-state index contributed by atoms with van der Waals surface area (Å²) in [6.45, 7) is 0. The van der Waals surface area contributed by atoms with Crippen molar-refractivity contribution < 1.29 is 9.90 Å². The first-order chi connectivity index (χ1) is 9.08. The lowest BCUT2D eigenvalue weighted by Gasteiger charge is -2.06. The Balaban J connectivity index is 2.17. The smallest absolute Gasteiger partial charge is 0.336 e. The molecule has 3 nitrogen and oxygen atoms in total. The average Bonchev–Trinajstić information content (AvgIpc) is 2.38. The zero-order valence-corrected chi connectivity index (χ0v) is 12.0. The number of pyridine rings is 1. The Kier molecular flexibility index (Phi) is 4.69. The molecule has 0 aliphatic rings. The van der Waals surface area contributed by atoms with Crippen molar-refractivity contribution in [2.45, 2.75) is 10.6 Å². The summed E-state index contributed by atoms with van der Waals surface area (Å²) in [4.78, 5) is 15.7. The predicted octanol–water partition coefficient (Wildman–Crippen LogP) is 4.38. The third-order valence-electron chi connectivity index (χ3n) is 2.39. The van der Waals surface area contributed by atoms with Crippen LogP contribution in [0.1, 0.15) is 15.9 Å². The summed E-state index contributed by atoms with van der Waals surface area (Å²) in [5.41, 5.74) is 1.10. The van der Waals surface area contributed by atoms with Crippen LogP contribution >= 0.6 is 35.0 Å². The zero-order chi connectivity index (χ0) is 13.8. The fourth-order valence-electron chi connectivity index (χ4n) is 1.47. The van der Waals surface area contributed by atoms with Gasteiger partial charge in [-0.05, 0) is 23.8 Å². The van der Waals surface area contributed by atoms with E-state index in [1.54, 1.807) is 36.4 Å². The van der Waals surface area contributed by atoms with E-state index in [-0.39, 0.29) is 5.56 Å². The van der Waals surface area contributed by atoms with Crippen LogP contribution in [0.3, 0.4) is 0 Å². The minimum Gasteiger partial charge on any atom is -0.478 e. The molecule has 6 heteroatoms. The molecule has 0 radical (unpaired) electrons. The van der Waals surface area contributed by atoms with Gasteiger partial charge in [-0.3, -0.25) is 0 Å². The molecular weight excluding hydrogens is 305 g/mol. The third-order valence-corrected chi connectivity index (χ3v) is 4.05. The maximum absolute atomic E-state index is 11.1. The fraction of sp³-hybridized carbons (Fsp3) is 0.0769. The monoisotopic (exact) mass is 313 g/mol. The van der Waals surface area contributed by atoms with Crippen LogP contribution in [0.5, 0.6) is 0 Å². The van der Waals surface area contributed by atoms with Gasteiger partial charge in [-0.1, -0.05) is 41.4 Å². The highest BCUT2D eigenvalue weighted by Crippen LogP contribution is 2.29. The molecule has 2 rings (SSSR count). The van der Waals surface area contributed by atoms with Crippen LogP contribution < -0.4 is 0 Å². The highest BCUT2D eigenvalue weighted by atomic mass is 35.5. The van der Waals surface area contributed by atoms with E-state index < -0.39 is 5.97 Å². The number of benzene rings is 1. The molecule has 98 valence electrons. The van der Waals surface area contributed by atoms with E-state index in [0.29, 0.717) is 21.0 Å². The van der Waals surface area contributed by atoms with Crippen molar-refractivity contribution in [1.82, 2.24) is 4.98 Å². The molecule has 19 heavy (non-hydrogen) atoms. The van der Waals surface area contributed by atoms with E-state index in [4.69, 9.17) is 28.3 Å². The van der Waals surface area contributed by atoms with Crippen LogP contribution in [0.15, 0.2) is 41.3 Å². The molecule has 0 bridgehead atoms. The summed E-state index contributed by atoms with van der Waals surface area (Å²) in [6, 6.07) is 10.3. The van der Waals surface area contributed by atoms with Gasteiger partial charge >= 0.3 is 5.97 Å². The van der Waals surface area contributed by atoms with Gasteiger partial charge in [-0.25, -0.2) is 9.78 Å². The fourth-order valence-corrected chi connectivity index (χ4v) is 2.99. The van der Waals surface area contributed by atoms with Gasteiger partial charge in [0, 0.05) is 10.6 Å². The van der Waals surface area contributed by atoms with E-state index in [2.05, 4.69) is 4.98 Å². The van der Waals surface area contributed by atoms with Gasteiger partial charge in [0.15, 0.2) is 0 Å². The van der Waals surface area contributed by atoms with Gasteiger partial charge in [0.25, 0.3) is 0 Å². The van der Waals surface area contributed by atoms with Crippen molar-refractivity contribution >= 4 is 40.9 Å². The Morgan fingerprint density at radius 3 is 2.63 bits per heavy atom. The van der Waals surface area contributed by atoms with E-state index in [9.17, 15) is 4.79 Å². The number of aromatic nitrogens is 1. The number of hydrogen-bond acceptors (Lipinski definition) is 3. The summed E-state index contributed by atoms with van der Waals surface area (Å²) in [7, 11) is 0. The topological polar surface area (TPSA) is 50.2 Å². The maximum atomic E-state index is 11.1. The van der Waals surface area contributed by atoms with Crippen LogP contribution in [-0.2, 0) is 5.75 Å². The van der Waals surface area contributed by atoms with Crippen LogP contribution in [0.25, 0.3) is 0 Å². The molecule has 0 saturated heterocycles. The van der Waals surface area contributed by atoms with Crippen molar-refractivity contribution in [2.75, 3.05) is 0 Å². The van der Waals surface area contributed by atoms with Crippen molar-refractivity contribution in [3.63, 3.8) is 0 Å². The van der Waals surface area contributed by atoms with Crippen molar-refractivity contribution in [3.05, 3.63) is 57.8 Å². The molecule has 0 saturated carbocycles. The standard InChI is InChI=1S/C13H9Cl2NO2S/c14-11-6-5-8(12(15)16-11)7-19-10-4-2-1-3-9(10)13(17)18/h1-6H,7H2,(H,17,18). The number of carbonyl (C=O) groups is 1. The lowest BCUT2D eigenvalue weighted by atomic mass is 10.2. The molecule has 0 atom stereocenters. The summed E-state index contributed by atoms with van der Waals surface area (Å²) in [5, 5.41) is 9.76. The normalized spacial score (nSPS) is 10.4. The van der Waals surface area contributed by atoms with Crippen molar-refractivity contribution in [3.8, 4) is 0 Å². The largest absolute Gasteiger partial charge is 0.478 e. The molecule has 0 spiro atoms. The minimum absolute atomic E-state index is 0.283. The lowest BCUT2D eigenvalue weighted by molar-refractivity contribution is 0.0693. The predicted molar refractivity (Wildman–Crippen MR) is 77.2 cm³/mol. The molecule has 0 aliphatic carbocycles. The number of nitrogens with zero attached hydrogens (tertiary/aromatic N) is 1. The highest BCUT2D eigenvalue weighted by molar-refractivity contribution is 7.98. The van der Waals surface area contributed by atoms with Crippen LogP contribution in [0.2, 0.25) is 10.3 Å². The zero-order valence-electron chi connectivity index (χ0n) is 9.64. The van der Waals surface area contributed by atoms with Crippen molar-refractivity contribution in [2.24, 2.45) is 0 Å². The first kappa shape index (κ1) is 14.2. The quantitative estimate of drug-likeness (QED) is 0.672. The number of carboxylic acid groups (broad SMARTS) is 1. The number of thioether (sulfide) groups is 1. The lowest BCUT2D eigenvalue weighted by Crippen LogP contribution is -1.98. The Morgan fingerprint density at radius 1 is 1.21 bits per heavy atom. The van der Waals surface area contributed by atoms with Gasteiger partial charge < -0.3 is 5.11 Å². The van der Waals surface area contributed by atoms with Crippen molar-refractivity contribution in [1.29, 1.82) is 0 Å². The maximum Gasteiger partial charge on any atom is 0.336 e. The van der Waals surface area contributed by atoms with E-state index in [0.717, 1.165) is 5.56 Å². The number of halogens is 2. The molecule has 0 unspecified atom stereocenters. The third kappa shape index (κ3) is 3.62. The number of hydrogen-bond donors (Lipinski definition) is 1. The first-order valence-corrected chi connectivity index (χ1v) is 7.08. The van der Waals surface area contributed by atoms with Gasteiger partial charge in [-0.2, -0.15) is 0 Å². The summed E-state index contributed by atoms with van der Waals surface area (Å²) in [6.07, 6.45) is 0. The summed E-state index contributed by atoms with van der Waals surface area (Å²) >= 11 is 13.1. The highest BCUT2D eigenvalue weighted by Gasteiger charge is 2.10. The SMILES string of the molecule is O=C(O)c1ccccc1SCc1ccc(Cl)nc1Cl. The molecule has 1 aromatic heterocycles. The molecule has 1 aromatic carbocycles. The molecule has 0 amide bonds. The average molecular weight is 314 g/mol. The van der Waals surface area contributed by atoms with Crippen LogP contribution in [-0.4, -0.2) is 16.1 Å². The van der Waals surface area contributed by atoms with E-state index >= 15 is 0 Å². The molecule has 0 aliphatic heterocycles. The minimum atomic E-state index is -0.941. The second-order valence-electron chi connectivity index (χ2n) is 3.67. The second kappa shape index (κ2) is 6.28. The number of rotatable bonds is 4.